The van der Waals surface area contributed by atoms with E-state index in [-0.39, 0.29) is 33.9 Å². The minimum absolute atomic E-state index is 0.0585. The van der Waals surface area contributed by atoms with E-state index in [1.165, 1.54) is 24.3 Å². The Balaban J connectivity index is 1.74. The van der Waals surface area contributed by atoms with E-state index in [0.717, 1.165) is 12.1 Å². The summed E-state index contributed by atoms with van der Waals surface area (Å²) in [6.45, 7) is 0.553. The van der Waals surface area contributed by atoms with Crippen LogP contribution in [0.1, 0.15) is 18.4 Å². The summed E-state index contributed by atoms with van der Waals surface area (Å²) in [7, 11) is 0. The van der Waals surface area contributed by atoms with Crippen LogP contribution >= 0.6 is 23.2 Å². The van der Waals surface area contributed by atoms with Crippen molar-refractivity contribution in [2.45, 2.75) is 19.0 Å². The highest BCUT2D eigenvalue weighted by molar-refractivity contribution is 6.37. The third-order valence-electron chi connectivity index (χ3n) is 3.20. The maximum atomic E-state index is 12.6. The largest absolute Gasteiger partial charge is 0.508 e. The lowest BCUT2D eigenvalue weighted by molar-refractivity contribution is -0.137. The molecule has 0 aliphatic rings. The van der Waals surface area contributed by atoms with Crippen LogP contribution < -0.4 is 9.47 Å². The molecule has 2 aromatic carbocycles. The molecule has 2 aromatic rings. The van der Waals surface area contributed by atoms with Gasteiger partial charge >= 0.3 is 6.18 Å². The van der Waals surface area contributed by atoms with E-state index in [0.29, 0.717) is 19.4 Å². The van der Waals surface area contributed by atoms with Gasteiger partial charge in [-0.3, -0.25) is 0 Å². The van der Waals surface area contributed by atoms with Crippen LogP contribution in [0.4, 0.5) is 13.2 Å². The van der Waals surface area contributed by atoms with Gasteiger partial charge in [0.1, 0.15) is 11.5 Å². The molecule has 0 saturated heterocycles. The first-order valence-corrected chi connectivity index (χ1v) is 8.14. The Labute approximate surface area is 152 Å². The van der Waals surface area contributed by atoms with Crippen molar-refractivity contribution in [3.8, 4) is 17.2 Å². The molecule has 0 aliphatic carbocycles. The predicted molar refractivity (Wildman–Crippen MR) is 89.8 cm³/mol. The van der Waals surface area contributed by atoms with Crippen LogP contribution in [0, 0.1) is 0 Å². The molecular formula is C17H15Cl2F3O3. The summed E-state index contributed by atoms with van der Waals surface area (Å²) in [5, 5.41) is 9.73. The second-order valence-corrected chi connectivity index (χ2v) is 5.98. The van der Waals surface area contributed by atoms with Crippen LogP contribution in [-0.2, 0) is 6.18 Å². The van der Waals surface area contributed by atoms with Gasteiger partial charge in [0, 0.05) is 12.1 Å². The normalized spacial score (nSPS) is 11.4. The average molecular weight is 395 g/mol. The Hall–Kier alpha value is -1.79. The molecule has 0 radical (unpaired) electrons. The Morgan fingerprint density at radius 1 is 0.920 bits per heavy atom. The topological polar surface area (TPSA) is 38.7 Å². The molecule has 2 rings (SSSR count). The highest BCUT2D eigenvalue weighted by atomic mass is 35.5. The zero-order valence-corrected chi connectivity index (χ0v) is 14.5. The van der Waals surface area contributed by atoms with Crippen molar-refractivity contribution in [1.29, 1.82) is 0 Å². The summed E-state index contributed by atoms with van der Waals surface area (Å²) in [4.78, 5) is 0. The third kappa shape index (κ3) is 5.90. The summed E-state index contributed by atoms with van der Waals surface area (Å²) < 4.78 is 48.6. The molecular weight excluding hydrogens is 380 g/mol. The third-order valence-corrected chi connectivity index (χ3v) is 3.76. The number of halogens is 5. The smallest absolute Gasteiger partial charge is 0.416 e. The van der Waals surface area contributed by atoms with Crippen molar-refractivity contribution in [2.75, 3.05) is 13.2 Å². The van der Waals surface area contributed by atoms with E-state index < -0.39 is 11.7 Å². The van der Waals surface area contributed by atoms with Crippen molar-refractivity contribution >= 4 is 23.2 Å². The fourth-order valence-electron chi connectivity index (χ4n) is 2.01. The lowest BCUT2D eigenvalue weighted by Gasteiger charge is -2.11. The van der Waals surface area contributed by atoms with Gasteiger partial charge in [-0.05, 0) is 31.0 Å². The fraction of sp³-hybridized carbons (Fsp3) is 0.294. The van der Waals surface area contributed by atoms with Gasteiger partial charge in [0.15, 0.2) is 5.75 Å². The summed E-state index contributed by atoms with van der Waals surface area (Å²) in [6, 6.07) is 7.37. The maximum absolute atomic E-state index is 12.6. The number of phenolic OH excluding ortho intramolecular Hbond substituents is 1. The maximum Gasteiger partial charge on any atom is 0.416 e. The molecule has 0 aromatic heterocycles. The number of hydrogen-bond acceptors (Lipinski definition) is 3. The molecule has 8 heteroatoms. The highest BCUT2D eigenvalue weighted by Gasteiger charge is 2.30. The van der Waals surface area contributed by atoms with E-state index in [1.54, 1.807) is 0 Å². The number of phenols is 1. The van der Waals surface area contributed by atoms with Crippen molar-refractivity contribution in [3.63, 3.8) is 0 Å². The van der Waals surface area contributed by atoms with Crippen LogP contribution in [0.2, 0.25) is 10.0 Å². The average Bonchev–Trinajstić information content (AvgIpc) is 2.52. The molecule has 0 saturated carbocycles. The zero-order valence-electron chi connectivity index (χ0n) is 12.9. The van der Waals surface area contributed by atoms with Gasteiger partial charge in [-0.25, -0.2) is 0 Å². The van der Waals surface area contributed by atoms with Crippen molar-refractivity contribution in [1.82, 2.24) is 0 Å². The minimum Gasteiger partial charge on any atom is -0.508 e. The number of hydrogen-bond donors (Lipinski definition) is 1. The Bertz CT molecular complexity index is 698. The summed E-state index contributed by atoms with van der Waals surface area (Å²) in [5.41, 5.74) is -0.745. The Morgan fingerprint density at radius 2 is 1.52 bits per heavy atom. The first-order valence-electron chi connectivity index (χ1n) is 7.38. The standard InChI is InChI=1S/C17H15Cl2F3O3/c18-14-9-12(23)10-15(19)16(14)25-7-2-1-6-24-13-5-3-4-11(8-13)17(20,21)22/h3-5,8-10,23H,1-2,6-7H2. The van der Waals surface area contributed by atoms with E-state index >= 15 is 0 Å². The number of benzene rings is 2. The van der Waals surface area contributed by atoms with Crippen molar-refractivity contribution < 1.29 is 27.8 Å². The first-order chi connectivity index (χ1) is 11.8. The second-order valence-electron chi connectivity index (χ2n) is 5.17. The second kappa shape index (κ2) is 8.54. The summed E-state index contributed by atoms with van der Waals surface area (Å²) in [5.74, 6) is 0.386. The number of alkyl halides is 3. The molecule has 0 amide bonds. The lowest BCUT2D eigenvalue weighted by atomic mass is 10.2. The molecule has 0 heterocycles. The van der Waals surface area contributed by atoms with Crippen molar-refractivity contribution in [2.24, 2.45) is 0 Å². The molecule has 1 N–H and O–H groups in total. The van der Waals surface area contributed by atoms with Gasteiger partial charge < -0.3 is 14.6 Å². The highest BCUT2D eigenvalue weighted by Crippen LogP contribution is 2.36. The van der Waals surface area contributed by atoms with Crippen LogP contribution in [0.5, 0.6) is 17.2 Å². The van der Waals surface area contributed by atoms with Crippen LogP contribution in [0.25, 0.3) is 0 Å². The van der Waals surface area contributed by atoms with Gasteiger partial charge in [-0.15, -0.1) is 0 Å². The van der Waals surface area contributed by atoms with E-state index in [4.69, 9.17) is 32.7 Å². The summed E-state index contributed by atoms with van der Waals surface area (Å²) in [6.07, 6.45) is -3.23. The van der Waals surface area contributed by atoms with E-state index in [1.807, 2.05) is 0 Å². The monoisotopic (exact) mass is 394 g/mol. The molecule has 25 heavy (non-hydrogen) atoms. The minimum atomic E-state index is -4.39. The molecule has 136 valence electrons. The van der Waals surface area contributed by atoms with Crippen LogP contribution in [-0.4, -0.2) is 18.3 Å². The molecule has 0 fully saturated rings. The molecule has 0 bridgehead atoms. The lowest BCUT2D eigenvalue weighted by Crippen LogP contribution is -2.06. The molecule has 0 spiro atoms. The quantitative estimate of drug-likeness (QED) is 0.589. The van der Waals surface area contributed by atoms with Gasteiger partial charge in [0.25, 0.3) is 0 Å². The zero-order chi connectivity index (χ0) is 18.4. The van der Waals surface area contributed by atoms with Gasteiger partial charge in [-0.1, -0.05) is 29.3 Å². The predicted octanol–water partition coefficient (Wildman–Crippen LogP) is 5.96. The van der Waals surface area contributed by atoms with Gasteiger partial charge in [-0.2, -0.15) is 13.2 Å². The molecule has 3 nitrogen and oxygen atoms in total. The van der Waals surface area contributed by atoms with Crippen molar-refractivity contribution in [3.05, 3.63) is 52.0 Å². The summed E-state index contributed by atoms with van der Waals surface area (Å²) >= 11 is 11.8. The molecule has 0 unspecified atom stereocenters. The van der Waals surface area contributed by atoms with Gasteiger partial charge in [0.05, 0.1) is 28.8 Å². The van der Waals surface area contributed by atoms with Crippen LogP contribution in [0.15, 0.2) is 36.4 Å². The molecule has 0 atom stereocenters. The van der Waals surface area contributed by atoms with E-state index in [2.05, 4.69) is 0 Å². The number of aromatic hydroxyl groups is 1. The number of unbranched alkanes of at least 4 members (excludes halogenated alkanes) is 1. The molecule has 0 aliphatic heterocycles. The first kappa shape index (κ1) is 19.5. The van der Waals surface area contributed by atoms with E-state index in [9.17, 15) is 18.3 Å². The SMILES string of the molecule is Oc1cc(Cl)c(OCCCCOc2cccc(C(F)(F)F)c2)c(Cl)c1. The fourth-order valence-corrected chi connectivity index (χ4v) is 2.60. The Morgan fingerprint density at radius 3 is 2.12 bits per heavy atom. The number of ether oxygens (including phenoxy) is 2. The van der Waals surface area contributed by atoms with Gasteiger partial charge in [0.2, 0.25) is 0 Å². The van der Waals surface area contributed by atoms with Crippen LogP contribution in [0.3, 0.4) is 0 Å². The number of rotatable bonds is 7. The Kier molecular flexibility index (Phi) is 6.67.